The van der Waals surface area contributed by atoms with Crippen LogP contribution in [0.4, 0.5) is 0 Å². The van der Waals surface area contributed by atoms with Gasteiger partial charge in [0.2, 0.25) is 0 Å². The second-order valence-corrected chi connectivity index (χ2v) is 4.51. The fraction of sp³-hybridized carbons (Fsp3) is 0.909. The van der Waals surface area contributed by atoms with Gasteiger partial charge in [-0.05, 0) is 32.6 Å². The van der Waals surface area contributed by atoms with Gasteiger partial charge in [0, 0.05) is 5.92 Å². The van der Waals surface area contributed by atoms with Crippen molar-refractivity contribution in [1.29, 1.82) is 0 Å². The Morgan fingerprint density at radius 3 is 2.46 bits per heavy atom. The molecular weight excluding hydrogens is 164 g/mol. The molecule has 0 amide bonds. The lowest BCUT2D eigenvalue weighted by Gasteiger charge is -2.34. The molecule has 0 aromatic carbocycles. The van der Waals surface area contributed by atoms with Gasteiger partial charge in [0.25, 0.3) is 0 Å². The maximum Gasteiger partial charge on any atom is 0.133 e. The van der Waals surface area contributed by atoms with E-state index < -0.39 is 0 Å². The second kappa shape index (κ2) is 4.23. The first-order chi connectivity index (χ1) is 6.00. The fourth-order valence-electron chi connectivity index (χ4n) is 1.95. The first-order valence-electron chi connectivity index (χ1n) is 5.16. The number of hydrogen-bond acceptors (Lipinski definition) is 2. The fourth-order valence-corrected chi connectivity index (χ4v) is 1.95. The van der Waals surface area contributed by atoms with Crippen molar-refractivity contribution in [2.75, 3.05) is 0 Å². The van der Waals surface area contributed by atoms with Crippen LogP contribution in [0.25, 0.3) is 0 Å². The van der Waals surface area contributed by atoms with Crippen LogP contribution < -0.4 is 0 Å². The first-order valence-corrected chi connectivity index (χ1v) is 5.16. The summed E-state index contributed by atoms with van der Waals surface area (Å²) in [7, 11) is 0. The van der Waals surface area contributed by atoms with E-state index in [1.165, 1.54) is 0 Å². The van der Waals surface area contributed by atoms with Crippen LogP contribution in [0.2, 0.25) is 0 Å². The number of carbonyl (C=O) groups is 1. The highest BCUT2D eigenvalue weighted by Crippen LogP contribution is 2.29. The number of carbonyl (C=O) groups excluding carboxylic acids is 1. The average Bonchev–Trinajstić information content (AvgIpc) is 2.03. The second-order valence-electron chi connectivity index (χ2n) is 4.51. The highest BCUT2D eigenvalue weighted by molar-refractivity contribution is 5.78. The number of ketones is 1. The van der Waals surface area contributed by atoms with E-state index in [-0.39, 0.29) is 18.1 Å². The molecule has 76 valence electrons. The van der Waals surface area contributed by atoms with E-state index in [0.717, 1.165) is 12.8 Å². The summed E-state index contributed by atoms with van der Waals surface area (Å²) in [4.78, 5) is 11.3. The number of rotatable bonds is 2. The predicted molar refractivity (Wildman–Crippen MR) is 52.6 cm³/mol. The van der Waals surface area contributed by atoms with Crippen LogP contribution in [0, 0.1) is 11.8 Å². The molecule has 0 radical (unpaired) electrons. The van der Waals surface area contributed by atoms with Crippen molar-refractivity contribution in [1.82, 2.24) is 0 Å². The third-order valence-electron chi connectivity index (χ3n) is 2.86. The van der Waals surface area contributed by atoms with Gasteiger partial charge in [-0.1, -0.05) is 13.8 Å². The summed E-state index contributed by atoms with van der Waals surface area (Å²) in [5, 5.41) is 0. The van der Waals surface area contributed by atoms with E-state index in [9.17, 15) is 4.79 Å². The van der Waals surface area contributed by atoms with E-state index >= 15 is 0 Å². The summed E-state index contributed by atoms with van der Waals surface area (Å²) in [6.07, 6.45) is 2.34. The summed E-state index contributed by atoms with van der Waals surface area (Å²) in [5.74, 6) is 1.07. The van der Waals surface area contributed by atoms with Gasteiger partial charge in [-0.15, -0.1) is 0 Å². The molecule has 0 aromatic rings. The third kappa shape index (κ3) is 2.80. The molecule has 1 aliphatic rings. The van der Waals surface area contributed by atoms with E-state index in [1.807, 2.05) is 0 Å². The summed E-state index contributed by atoms with van der Waals surface area (Å²) < 4.78 is 5.78. The minimum atomic E-state index is 0.233. The number of Topliss-reactive ketones (excluding diaryl/α,β-unsaturated/α-hetero) is 1. The van der Waals surface area contributed by atoms with Crippen molar-refractivity contribution in [2.24, 2.45) is 11.8 Å². The van der Waals surface area contributed by atoms with Crippen molar-refractivity contribution < 1.29 is 9.53 Å². The average molecular weight is 184 g/mol. The molecule has 1 aliphatic heterocycles. The lowest BCUT2D eigenvalue weighted by Crippen LogP contribution is -2.36. The van der Waals surface area contributed by atoms with Gasteiger partial charge in [-0.25, -0.2) is 0 Å². The van der Waals surface area contributed by atoms with E-state index in [0.29, 0.717) is 11.7 Å². The Kier molecular flexibility index (Phi) is 3.48. The van der Waals surface area contributed by atoms with Crippen molar-refractivity contribution in [2.45, 2.75) is 52.7 Å². The molecule has 0 aromatic heterocycles. The van der Waals surface area contributed by atoms with Crippen molar-refractivity contribution in [3.8, 4) is 0 Å². The monoisotopic (exact) mass is 184 g/mol. The molecule has 1 heterocycles. The van der Waals surface area contributed by atoms with Gasteiger partial charge in [0.1, 0.15) is 5.78 Å². The zero-order valence-electron chi connectivity index (χ0n) is 9.04. The Morgan fingerprint density at radius 2 is 2.00 bits per heavy atom. The third-order valence-corrected chi connectivity index (χ3v) is 2.86. The van der Waals surface area contributed by atoms with Crippen LogP contribution in [-0.2, 0) is 9.53 Å². The Labute approximate surface area is 80.7 Å². The van der Waals surface area contributed by atoms with Crippen LogP contribution >= 0.6 is 0 Å². The molecule has 0 N–H and O–H groups in total. The molecule has 1 fully saturated rings. The standard InChI is InChI=1S/C11H20O2/c1-7(2)11-6-10(9(4)12)5-8(3)13-11/h7-8,10-11H,5-6H2,1-4H3/t8-,10-,11+/m1/s1. The van der Waals surface area contributed by atoms with Crippen molar-refractivity contribution >= 4 is 5.78 Å². The Morgan fingerprint density at radius 1 is 1.38 bits per heavy atom. The van der Waals surface area contributed by atoms with E-state index in [4.69, 9.17) is 4.74 Å². The molecule has 0 bridgehead atoms. The van der Waals surface area contributed by atoms with Crippen molar-refractivity contribution in [3.05, 3.63) is 0 Å². The number of ether oxygens (including phenoxy) is 1. The highest BCUT2D eigenvalue weighted by atomic mass is 16.5. The smallest absolute Gasteiger partial charge is 0.133 e. The zero-order chi connectivity index (χ0) is 10.0. The Bertz CT molecular complexity index is 187. The predicted octanol–water partition coefficient (Wildman–Crippen LogP) is 2.42. The van der Waals surface area contributed by atoms with Gasteiger partial charge in [0.05, 0.1) is 12.2 Å². The van der Waals surface area contributed by atoms with Gasteiger partial charge < -0.3 is 4.74 Å². The van der Waals surface area contributed by atoms with E-state index in [2.05, 4.69) is 20.8 Å². The minimum absolute atomic E-state index is 0.233. The van der Waals surface area contributed by atoms with Crippen LogP contribution in [0.15, 0.2) is 0 Å². The molecule has 2 nitrogen and oxygen atoms in total. The van der Waals surface area contributed by atoms with E-state index in [1.54, 1.807) is 6.92 Å². The van der Waals surface area contributed by atoms with Crippen LogP contribution in [0.5, 0.6) is 0 Å². The van der Waals surface area contributed by atoms with Gasteiger partial charge >= 0.3 is 0 Å². The molecule has 1 rings (SSSR count). The Balaban J connectivity index is 2.57. The van der Waals surface area contributed by atoms with Gasteiger partial charge in [-0.2, -0.15) is 0 Å². The van der Waals surface area contributed by atoms with Crippen molar-refractivity contribution in [3.63, 3.8) is 0 Å². The quantitative estimate of drug-likeness (QED) is 0.658. The molecule has 0 spiro atoms. The maximum absolute atomic E-state index is 11.3. The molecule has 13 heavy (non-hydrogen) atoms. The normalized spacial score (nSPS) is 35.0. The topological polar surface area (TPSA) is 26.3 Å². The molecule has 0 aliphatic carbocycles. The maximum atomic E-state index is 11.3. The first kappa shape index (κ1) is 10.7. The van der Waals surface area contributed by atoms with Crippen LogP contribution in [-0.4, -0.2) is 18.0 Å². The summed E-state index contributed by atoms with van der Waals surface area (Å²) in [6, 6.07) is 0. The number of hydrogen-bond donors (Lipinski definition) is 0. The lowest BCUT2D eigenvalue weighted by molar-refractivity contribution is -0.132. The highest BCUT2D eigenvalue weighted by Gasteiger charge is 2.30. The van der Waals surface area contributed by atoms with Crippen LogP contribution in [0.3, 0.4) is 0 Å². The molecule has 0 saturated carbocycles. The van der Waals surface area contributed by atoms with Gasteiger partial charge in [-0.3, -0.25) is 4.79 Å². The Hall–Kier alpha value is -0.370. The molecular formula is C11H20O2. The zero-order valence-corrected chi connectivity index (χ0v) is 9.04. The summed E-state index contributed by atoms with van der Waals surface area (Å²) in [6.45, 7) is 8.06. The van der Waals surface area contributed by atoms with Gasteiger partial charge in [0.15, 0.2) is 0 Å². The van der Waals surface area contributed by atoms with Crippen LogP contribution in [0.1, 0.15) is 40.5 Å². The SMILES string of the molecule is CC(=O)[C@@H]1C[C@@H](C)O[C@H](C(C)C)C1. The molecule has 1 saturated heterocycles. The lowest BCUT2D eigenvalue weighted by atomic mass is 9.85. The molecule has 3 atom stereocenters. The molecule has 0 unspecified atom stereocenters. The molecule has 2 heteroatoms. The summed E-state index contributed by atoms with van der Waals surface area (Å²) >= 11 is 0. The minimum Gasteiger partial charge on any atom is -0.375 e. The largest absolute Gasteiger partial charge is 0.375 e. The summed E-state index contributed by atoms with van der Waals surface area (Å²) in [5.41, 5.74) is 0.